The highest BCUT2D eigenvalue weighted by Crippen LogP contribution is 2.54. The van der Waals surface area contributed by atoms with Crippen LogP contribution < -0.4 is 30.8 Å². The number of carbonyl (C=O) groups is 1. The van der Waals surface area contributed by atoms with Crippen LogP contribution in [0.1, 0.15) is 41.3 Å². The summed E-state index contributed by atoms with van der Waals surface area (Å²) in [5, 5.41) is 7.07. The second-order valence-corrected chi connectivity index (χ2v) is 11.1. The first-order valence-corrected chi connectivity index (χ1v) is 14.2. The minimum atomic E-state index is -1.10. The maximum atomic E-state index is 16.7. The van der Waals surface area contributed by atoms with Gasteiger partial charge in [-0.25, -0.2) is 13.5 Å². The Morgan fingerprint density at radius 3 is 2.63 bits per heavy atom. The van der Waals surface area contributed by atoms with Crippen LogP contribution in [-0.2, 0) is 18.6 Å². The van der Waals surface area contributed by atoms with Crippen molar-refractivity contribution in [3.05, 3.63) is 92.4 Å². The van der Waals surface area contributed by atoms with Gasteiger partial charge >= 0.3 is 5.56 Å². The van der Waals surface area contributed by atoms with Crippen molar-refractivity contribution in [2.75, 3.05) is 6.54 Å². The zero-order valence-electron chi connectivity index (χ0n) is 22.9. The fourth-order valence-electron chi connectivity index (χ4n) is 6.31. The number of hydrogen-bond acceptors (Lipinski definition) is 7. The summed E-state index contributed by atoms with van der Waals surface area (Å²) in [7, 11) is 0. The van der Waals surface area contributed by atoms with Gasteiger partial charge in [0.15, 0.2) is 22.9 Å². The molecule has 0 bridgehead atoms. The van der Waals surface area contributed by atoms with E-state index >= 15 is 8.78 Å². The lowest BCUT2D eigenvalue weighted by Gasteiger charge is -2.35. The zero-order valence-corrected chi connectivity index (χ0v) is 23.6. The van der Waals surface area contributed by atoms with Gasteiger partial charge in [0.1, 0.15) is 11.6 Å². The van der Waals surface area contributed by atoms with Gasteiger partial charge in [-0.05, 0) is 37.9 Å². The fraction of sp³-hybridized carbons (Fsp3) is 0.258. The van der Waals surface area contributed by atoms with Gasteiger partial charge in [0.05, 0.1) is 22.8 Å². The first-order chi connectivity index (χ1) is 20.7. The van der Waals surface area contributed by atoms with Crippen LogP contribution in [0.4, 0.5) is 8.78 Å². The minimum absolute atomic E-state index is 0.0560. The fourth-order valence-corrected chi connectivity index (χ4v) is 6.57. The van der Waals surface area contributed by atoms with Gasteiger partial charge in [-0.15, -0.1) is 0 Å². The van der Waals surface area contributed by atoms with Gasteiger partial charge in [-0.1, -0.05) is 41.9 Å². The highest BCUT2D eigenvalue weighted by Gasteiger charge is 2.50. The van der Waals surface area contributed by atoms with Crippen LogP contribution in [-0.4, -0.2) is 28.3 Å². The van der Waals surface area contributed by atoms with E-state index in [1.54, 1.807) is 6.92 Å². The second-order valence-electron chi connectivity index (χ2n) is 10.7. The van der Waals surface area contributed by atoms with Crippen LogP contribution in [0.3, 0.4) is 0 Å². The molecule has 0 unspecified atom stereocenters. The van der Waals surface area contributed by atoms with Gasteiger partial charge in [-0.3, -0.25) is 9.59 Å². The van der Waals surface area contributed by atoms with E-state index < -0.39 is 39.5 Å². The average molecular weight is 607 g/mol. The first-order valence-electron chi connectivity index (χ1n) is 13.8. The van der Waals surface area contributed by atoms with Gasteiger partial charge in [0.25, 0.3) is 0 Å². The Morgan fingerprint density at radius 1 is 1.14 bits per heavy atom. The molecule has 1 fully saturated rings. The lowest BCUT2D eigenvalue weighted by atomic mass is 9.80. The van der Waals surface area contributed by atoms with Crippen molar-refractivity contribution >= 4 is 17.5 Å². The normalized spacial score (nSPS) is 20.0. The molecule has 3 aliphatic heterocycles. The van der Waals surface area contributed by atoms with Crippen molar-refractivity contribution < 1.29 is 27.8 Å². The highest BCUT2D eigenvalue weighted by atomic mass is 35.5. The molecule has 3 aliphatic rings. The van der Waals surface area contributed by atoms with Crippen molar-refractivity contribution in [1.29, 1.82) is 0 Å². The number of halogens is 3. The molecule has 2 atom stereocenters. The molecule has 4 heterocycles. The number of aryl methyl sites for hydroxylation is 1. The third-order valence-corrected chi connectivity index (χ3v) is 8.67. The third-order valence-electron chi connectivity index (χ3n) is 8.30. The standard InChI is InChI=1S/C31H25ClF2N4O5/c1-2-38-30(40)28-21(14-37-38)41-20-11-16(29(35)39)24(26(34)27(20)42-28)23-17-13-31(22-9-6-10-36-22,15-7-4-3-5-8-15)43-19(17)12-18(33)25(23)32/h3-5,7-8,11-12,14,22,36H,2,6,9-10,13H2,1H3,(H2,35,39)/t22-,31-/m0/s1. The number of ether oxygens (including phenoxy) is 3. The molecule has 220 valence electrons. The van der Waals surface area contributed by atoms with Crippen molar-refractivity contribution in [1.82, 2.24) is 15.1 Å². The van der Waals surface area contributed by atoms with Crippen molar-refractivity contribution in [3.8, 4) is 39.9 Å². The van der Waals surface area contributed by atoms with Crippen molar-refractivity contribution in [2.24, 2.45) is 5.73 Å². The smallest absolute Gasteiger partial charge is 0.313 e. The van der Waals surface area contributed by atoms with Crippen LogP contribution in [0.25, 0.3) is 11.1 Å². The number of fused-ring (bicyclic) bond motifs is 3. The molecule has 12 heteroatoms. The Morgan fingerprint density at radius 2 is 1.93 bits per heavy atom. The summed E-state index contributed by atoms with van der Waals surface area (Å²) < 4.78 is 51.4. The predicted molar refractivity (Wildman–Crippen MR) is 153 cm³/mol. The molecule has 1 amide bonds. The van der Waals surface area contributed by atoms with Gasteiger partial charge in [0, 0.05) is 35.7 Å². The summed E-state index contributed by atoms with van der Waals surface area (Å²) >= 11 is 6.59. The zero-order chi connectivity index (χ0) is 30.0. The molecule has 0 saturated carbocycles. The number of carbonyl (C=O) groups excluding carboxylic acids is 1. The molecular formula is C31H25ClF2N4O5. The highest BCUT2D eigenvalue weighted by molar-refractivity contribution is 6.34. The van der Waals surface area contributed by atoms with E-state index in [0.29, 0.717) is 5.56 Å². The van der Waals surface area contributed by atoms with Crippen LogP contribution in [0, 0.1) is 11.6 Å². The summed E-state index contributed by atoms with van der Waals surface area (Å²) in [6.07, 6.45) is 3.16. The van der Waals surface area contributed by atoms with Crippen LogP contribution in [0.2, 0.25) is 5.02 Å². The maximum Gasteiger partial charge on any atom is 0.313 e. The Labute approximate surface area is 249 Å². The Hall–Kier alpha value is -4.48. The molecule has 9 nitrogen and oxygen atoms in total. The number of aromatic nitrogens is 2. The predicted octanol–water partition coefficient (Wildman–Crippen LogP) is 5.44. The molecular weight excluding hydrogens is 582 g/mol. The largest absolute Gasteiger partial charge is 0.480 e. The lowest BCUT2D eigenvalue weighted by Crippen LogP contribution is -2.48. The molecule has 7 rings (SSSR count). The van der Waals surface area contributed by atoms with E-state index in [0.717, 1.165) is 29.6 Å². The molecule has 0 aliphatic carbocycles. The average Bonchev–Trinajstić information content (AvgIpc) is 3.68. The SMILES string of the molecule is CCn1ncc2c(c1=O)Oc1c(cc(C(N)=O)c(-c3c(Cl)c(F)cc4c3C[C@](c3ccccc3)([C@@H]3CCCN3)O4)c1F)O2. The number of nitrogens with one attached hydrogen (secondary N) is 1. The summed E-state index contributed by atoms with van der Waals surface area (Å²) in [6, 6.07) is 11.8. The van der Waals surface area contributed by atoms with Gasteiger partial charge in [0.2, 0.25) is 17.4 Å². The maximum absolute atomic E-state index is 16.7. The molecule has 1 aromatic heterocycles. The van der Waals surface area contributed by atoms with E-state index in [-0.39, 0.29) is 58.7 Å². The summed E-state index contributed by atoms with van der Waals surface area (Å²) in [5.41, 5.74) is 4.62. The van der Waals surface area contributed by atoms with E-state index in [2.05, 4.69) is 10.4 Å². The Bertz CT molecular complexity index is 1880. The van der Waals surface area contributed by atoms with Crippen LogP contribution in [0.15, 0.2) is 53.5 Å². The van der Waals surface area contributed by atoms with Crippen molar-refractivity contribution in [3.63, 3.8) is 0 Å². The first kappa shape index (κ1) is 27.4. The molecule has 0 spiro atoms. The quantitative estimate of drug-likeness (QED) is 0.273. The van der Waals surface area contributed by atoms with Gasteiger partial charge < -0.3 is 25.3 Å². The van der Waals surface area contributed by atoms with Crippen LogP contribution in [0.5, 0.6) is 28.7 Å². The molecule has 3 aromatic carbocycles. The third kappa shape index (κ3) is 4.09. The molecule has 3 N–H and O–H groups in total. The summed E-state index contributed by atoms with van der Waals surface area (Å²) in [4.78, 5) is 25.7. The molecule has 1 saturated heterocycles. The Balaban J connectivity index is 1.45. The number of primary amides is 1. The number of amides is 1. The number of rotatable bonds is 5. The minimum Gasteiger partial charge on any atom is -0.480 e. The van der Waals surface area contributed by atoms with E-state index in [1.807, 2.05) is 30.3 Å². The topological polar surface area (TPSA) is 118 Å². The van der Waals surface area contributed by atoms with Crippen molar-refractivity contribution in [2.45, 2.75) is 44.4 Å². The number of hydrogen-bond donors (Lipinski definition) is 2. The molecule has 43 heavy (non-hydrogen) atoms. The van der Waals surface area contributed by atoms with E-state index in [9.17, 15) is 9.59 Å². The summed E-state index contributed by atoms with van der Waals surface area (Å²) in [5.74, 6) is -3.82. The summed E-state index contributed by atoms with van der Waals surface area (Å²) in [6.45, 7) is 2.72. The van der Waals surface area contributed by atoms with Gasteiger partial charge in [-0.2, -0.15) is 5.10 Å². The number of benzene rings is 3. The Kier molecular flexibility index (Phi) is 6.40. The van der Waals surface area contributed by atoms with E-state index in [1.165, 1.54) is 18.3 Å². The number of nitrogens with two attached hydrogens (primary N) is 1. The van der Waals surface area contributed by atoms with E-state index in [4.69, 9.17) is 31.5 Å². The molecule has 0 radical (unpaired) electrons. The monoisotopic (exact) mass is 606 g/mol. The van der Waals surface area contributed by atoms with Crippen LogP contribution >= 0.6 is 11.6 Å². The lowest BCUT2D eigenvalue weighted by molar-refractivity contribution is 0.0539. The second kappa shape index (κ2) is 10.1. The molecule has 4 aromatic rings. The number of nitrogens with zero attached hydrogens (tertiary/aromatic N) is 2.